The minimum Gasteiger partial charge on any atom is -0.479 e. The van der Waals surface area contributed by atoms with Crippen LogP contribution in [0.5, 0.6) is 11.6 Å². The molecule has 3 aromatic rings. The number of benzene rings is 1. The molecule has 0 radical (unpaired) electrons. The number of hydrogen-bond donors (Lipinski definition) is 3. The molecule has 19 heteroatoms. The van der Waals surface area contributed by atoms with Gasteiger partial charge >= 0.3 is 13.7 Å². The van der Waals surface area contributed by atoms with Gasteiger partial charge in [-0.3, -0.25) is 13.9 Å². The van der Waals surface area contributed by atoms with Crippen LogP contribution in [0.25, 0.3) is 21.6 Å². The summed E-state index contributed by atoms with van der Waals surface area (Å²) in [4.78, 5) is 27.3. The number of nitrogen functional groups attached to an aromatic ring is 1. The van der Waals surface area contributed by atoms with E-state index in [0.29, 0.717) is 5.02 Å². The molecule has 4 N–H and O–H groups in total. The van der Waals surface area contributed by atoms with Crippen LogP contribution in [0.2, 0.25) is 5.02 Å². The summed E-state index contributed by atoms with van der Waals surface area (Å²) in [6.45, 7) is 2.32. The summed E-state index contributed by atoms with van der Waals surface area (Å²) in [5.74, 6) is -0.638. The van der Waals surface area contributed by atoms with Crippen molar-refractivity contribution in [2.75, 3.05) is 26.6 Å². The highest BCUT2D eigenvalue weighted by molar-refractivity contribution is 7.52. The van der Waals surface area contributed by atoms with E-state index in [1.54, 1.807) is 0 Å². The Bertz CT molecular complexity index is 1520. The lowest BCUT2D eigenvalue weighted by Crippen LogP contribution is -2.43. The molecule has 4 rings (SSSR count). The number of nitrogens with zero attached hydrogens (tertiary/aromatic N) is 7. The molecule has 41 heavy (non-hydrogen) atoms. The highest BCUT2D eigenvalue weighted by Gasteiger charge is 2.55. The summed E-state index contributed by atoms with van der Waals surface area (Å²) in [7, 11) is -1.76. The highest BCUT2D eigenvalue weighted by Crippen LogP contribution is 2.48. The SMILES string of the molecule is COC(=O)[C@H](C)NP(=O)(OC[C@H]1O[C@@H](n2cnc3c(OC)nc(N)nc32)[C@](C)(N=[N+]=[N-])[C@@H]1O)Oc1ccc(Cl)cc1. The zero-order chi connectivity index (χ0) is 29.9. The number of carbonyl (C=O) groups is 1. The van der Waals surface area contributed by atoms with Gasteiger partial charge in [-0.15, -0.1) is 0 Å². The van der Waals surface area contributed by atoms with Crippen LogP contribution in [0, 0.1) is 0 Å². The van der Waals surface area contributed by atoms with Gasteiger partial charge in [0, 0.05) is 9.93 Å². The monoisotopic (exact) mass is 611 g/mol. The van der Waals surface area contributed by atoms with Gasteiger partial charge in [0.15, 0.2) is 17.4 Å². The zero-order valence-corrected chi connectivity index (χ0v) is 23.9. The molecule has 0 aliphatic carbocycles. The van der Waals surface area contributed by atoms with Gasteiger partial charge in [-0.2, -0.15) is 15.1 Å². The first-order chi connectivity index (χ1) is 19.4. The number of aliphatic hydroxyl groups excluding tert-OH is 1. The molecule has 17 nitrogen and oxygen atoms in total. The van der Waals surface area contributed by atoms with E-state index in [0.717, 1.165) is 0 Å². The van der Waals surface area contributed by atoms with Crippen molar-refractivity contribution in [3.8, 4) is 11.6 Å². The van der Waals surface area contributed by atoms with Crippen LogP contribution >= 0.6 is 19.3 Å². The molecule has 1 aliphatic heterocycles. The van der Waals surface area contributed by atoms with Crippen LogP contribution in [0.1, 0.15) is 20.1 Å². The predicted molar refractivity (Wildman–Crippen MR) is 144 cm³/mol. The van der Waals surface area contributed by atoms with Crippen molar-refractivity contribution in [1.82, 2.24) is 24.6 Å². The molecule has 1 aromatic carbocycles. The first kappa shape index (κ1) is 30.3. The topological polar surface area (TPSA) is 231 Å². The number of fused-ring (bicyclic) bond motifs is 1. The number of esters is 1. The second-order valence-corrected chi connectivity index (χ2v) is 11.1. The lowest BCUT2D eigenvalue weighted by molar-refractivity contribution is -0.142. The average Bonchev–Trinajstić information content (AvgIpc) is 3.46. The van der Waals surface area contributed by atoms with Gasteiger partial charge in [0.2, 0.25) is 11.8 Å². The minimum absolute atomic E-state index is 0.0984. The smallest absolute Gasteiger partial charge is 0.459 e. The van der Waals surface area contributed by atoms with Crippen molar-refractivity contribution in [1.29, 1.82) is 0 Å². The number of anilines is 1. The van der Waals surface area contributed by atoms with Crippen molar-refractivity contribution in [2.24, 2.45) is 5.11 Å². The van der Waals surface area contributed by atoms with Crippen LogP contribution in [-0.4, -0.2) is 75.2 Å². The molecule has 2 aromatic heterocycles. The van der Waals surface area contributed by atoms with E-state index in [4.69, 9.17) is 35.9 Å². The second kappa shape index (κ2) is 12.0. The third kappa shape index (κ3) is 6.16. The van der Waals surface area contributed by atoms with Crippen LogP contribution in [0.3, 0.4) is 0 Å². The molecule has 1 fully saturated rings. The number of imidazole rings is 1. The van der Waals surface area contributed by atoms with Crippen LogP contribution in [-0.2, 0) is 23.4 Å². The van der Waals surface area contributed by atoms with E-state index in [1.165, 1.54) is 63.2 Å². The Balaban J connectivity index is 1.64. The fourth-order valence-corrected chi connectivity index (χ4v) is 5.79. The molecule has 1 saturated heterocycles. The van der Waals surface area contributed by atoms with Crippen LogP contribution in [0.15, 0.2) is 35.7 Å². The van der Waals surface area contributed by atoms with E-state index in [1.807, 2.05) is 0 Å². The Morgan fingerprint density at radius 1 is 1.39 bits per heavy atom. The number of carbonyl (C=O) groups excluding carboxylic acids is 1. The van der Waals surface area contributed by atoms with Gasteiger partial charge in [-0.05, 0) is 43.6 Å². The first-order valence-electron chi connectivity index (χ1n) is 11.9. The zero-order valence-electron chi connectivity index (χ0n) is 22.2. The lowest BCUT2D eigenvalue weighted by atomic mass is 9.93. The number of rotatable bonds is 11. The molecule has 0 spiro atoms. The Labute approximate surface area is 238 Å². The minimum atomic E-state index is -4.31. The molecule has 0 saturated carbocycles. The summed E-state index contributed by atoms with van der Waals surface area (Å²) in [6, 6.07) is 4.80. The van der Waals surface area contributed by atoms with Crippen molar-refractivity contribution in [3.05, 3.63) is 46.1 Å². The Kier molecular flexibility index (Phi) is 8.89. The fraction of sp³-hybridized carbons (Fsp3) is 0.455. The number of hydrogen-bond acceptors (Lipinski definition) is 13. The predicted octanol–water partition coefficient (Wildman–Crippen LogP) is 2.75. The Morgan fingerprint density at radius 2 is 2.10 bits per heavy atom. The summed E-state index contributed by atoms with van der Waals surface area (Å²) in [6.07, 6.45) is -2.54. The second-order valence-electron chi connectivity index (χ2n) is 9.01. The summed E-state index contributed by atoms with van der Waals surface area (Å²) in [5.41, 5.74) is 13.9. The Morgan fingerprint density at radius 3 is 2.73 bits per heavy atom. The number of nitrogens with two attached hydrogens (primary N) is 1. The third-order valence-corrected chi connectivity index (χ3v) is 8.12. The van der Waals surface area contributed by atoms with E-state index in [-0.39, 0.29) is 28.7 Å². The van der Waals surface area contributed by atoms with Gasteiger partial charge in [-0.1, -0.05) is 16.7 Å². The molecular weight excluding hydrogens is 585 g/mol. The van der Waals surface area contributed by atoms with Crippen LogP contribution in [0.4, 0.5) is 5.95 Å². The number of halogens is 1. The number of aromatic nitrogens is 4. The molecule has 220 valence electrons. The largest absolute Gasteiger partial charge is 0.479 e. The summed E-state index contributed by atoms with van der Waals surface area (Å²) < 4.78 is 42.4. The molecule has 0 amide bonds. The standard InChI is InChI=1S/C22H27ClN9O8P/c1-11(19(34)37-4)29-41(35,40-13-7-5-12(23)6-8-13)38-9-14-16(33)22(2,30-31-25)20(39-14)32-10-26-15-17(32)27-21(24)28-18(15)36-3/h5-8,10-11,14,16,20,33H,9H2,1-4H3,(H,29,35)(H2,24,27,28)/t11-,14+,16+,20+,22+,41?/m0/s1. The van der Waals surface area contributed by atoms with Crippen molar-refractivity contribution in [2.45, 2.75) is 43.9 Å². The normalized spacial score (nSPS) is 24.3. The van der Waals surface area contributed by atoms with Crippen molar-refractivity contribution >= 4 is 42.4 Å². The van der Waals surface area contributed by atoms with Gasteiger partial charge in [0.25, 0.3) is 0 Å². The molecule has 1 unspecified atom stereocenters. The number of aliphatic hydroxyl groups is 1. The summed E-state index contributed by atoms with van der Waals surface area (Å²) in [5, 5.41) is 17.9. The molecule has 0 bridgehead atoms. The van der Waals surface area contributed by atoms with Gasteiger partial charge in [0.1, 0.15) is 23.4 Å². The van der Waals surface area contributed by atoms with E-state index < -0.39 is 50.3 Å². The average molecular weight is 612 g/mol. The van der Waals surface area contributed by atoms with E-state index in [2.05, 4.69) is 34.8 Å². The molecular formula is C22H27ClN9O8P. The maximum Gasteiger partial charge on any atom is 0.459 e. The van der Waals surface area contributed by atoms with Crippen molar-refractivity contribution < 1.29 is 37.7 Å². The lowest BCUT2D eigenvalue weighted by Gasteiger charge is -2.28. The number of methoxy groups -OCH3 is 2. The maximum atomic E-state index is 13.8. The number of nitrogens with one attached hydrogen (secondary N) is 1. The quantitative estimate of drug-likeness (QED) is 0.0931. The third-order valence-electron chi connectivity index (χ3n) is 6.22. The summed E-state index contributed by atoms with van der Waals surface area (Å²) >= 11 is 5.92. The molecule has 3 heterocycles. The first-order valence-corrected chi connectivity index (χ1v) is 13.9. The van der Waals surface area contributed by atoms with Crippen LogP contribution < -0.4 is 20.1 Å². The van der Waals surface area contributed by atoms with Gasteiger partial charge < -0.3 is 29.6 Å². The van der Waals surface area contributed by atoms with Gasteiger partial charge in [-0.25, -0.2) is 9.55 Å². The number of ether oxygens (including phenoxy) is 3. The number of azide groups is 1. The van der Waals surface area contributed by atoms with E-state index >= 15 is 0 Å². The van der Waals surface area contributed by atoms with E-state index in [9.17, 15) is 20.0 Å². The fourth-order valence-electron chi connectivity index (χ4n) is 4.17. The molecule has 1 aliphatic rings. The Hall–Kier alpha value is -3.69. The highest BCUT2D eigenvalue weighted by atomic mass is 35.5. The van der Waals surface area contributed by atoms with Gasteiger partial charge in [0.05, 0.1) is 33.3 Å². The molecule has 6 atom stereocenters. The maximum absolute atomic E-state index is 13.8. The van der Waals surface area contributed by atoms with Crippen molar-refractivity contribution in [3.63, 3.8) is 0 Å².